The van der Waals surface area contributed by atoms with Crippen LogP contribution in [0.15, 0.2) is 48.5 Å². The predicted octanol–water partition coefficient (Wildman–Crippen LogP) is 4.76. The van der Waals surface area contributed by atoms with Gasteiger partial charge in [-0.1, -0.05) is 41.4 Å². The van der Waals surface area contributed by atoms with Gasteiger partial charge in [0.25, 0.3) is 0 Å². The standard InChI is InChI=1S/C16H9Cl2NO/c17-13-6-7-15(18)14(9-13)16(20)8-5-11-1-3-12(10-19)4-2-11/h1-9H/b8-5+. The van der Waals surface area contributed by atoms with Gasteiger partial charge in [0.2, 0.25) is 0 Å². The van der Waals surface area contributed by atoms with Crippen molar-refractivity contribution in [2.75, 3.05) is 0 Å². The number of hydrogen-bond donors (Lipinski definition) is 0. The summed E-state index contributed by atoms with van der Waals surface area (Å²) in [6, 6.07) is 13.7. The number of allylic oxidation sites excluding steroid dienone is 1. The lowest BCUT2D eigenvalue weighted by molar-refractivity contribution is 0.104. The molecule has 0 fully saturated rings. The van der Waals surface area contributed by atoms with Crippen LogP contribution in [0, 0.1) is 11.3 Å². The van der Waals surface area contributed by atoms with Crippen molar-refractivity contribution in [2.45, 2.75) is 0 Å². The fraction of sp³-hybridized carbons (Fsp3) is 0. The Hall–Kier alpha value is -2.08. The van der Waals surface area contributed by atoms with Gasteiger partial charge in [-0.2, -0.15) is 5.26 Å². The molecule has 0 aliphatic heterocycles. The van der Waals surface area contributed by atoms with Gasteiger partial charge < -0.3 is 0 Å². The van der Waals surface area contributed by atoms with Gasteiger partial charge in [0.05, 0.1) is 16.7 Å². The molecule has 0 aromatic heterocycles. The van der Waals surface area contributed by atoms with Crippen molar-refractivity contribution in [1.82, 2.24) is 0 Å². The largest absolute Gasteiger partial charge is 0.289 e. The van der Waals surface area contributed by atoms with E-state index in [1.165, 1.54) is 12.1 Å². The number of hydrogen-bond acceptors (Lipinski definition) is 2. The number of ketones is 1. The number of nitriles is 1. The van der Waals surface area contributed by atoms with E-state index in [0.717, 1.165) is 5.56 Å². The number of nitrogens with zero attached hydrogens (tertiary/aromatic N) is 1. The van der Waals surface area contributed by atoms with E-state index in [4.69, 9.17) is 28.5 Å². The SMILES string of the molecule is N#Cc1ccc(/C=C/C(=O)c2cc(Cl)ccc2Cl)cc1. The molecule has 0 saturated heterocycles. The smallest absolute Gasteiger partial charge is 0.187 e. The minimum absolute atomic E-state index is 0.221. The van der Waals surface area contributed by atoms with Crippen molar-refractivity contribution in [3.8, 4) is 6.07 Å². The highest BCUT2D eigenvalue weighted by Gasteiger charge is 2.07. The Balaban J connectivity index is 2.20. The van der Waals surface area contributed by atoms with Gasteiger partial charge >= 0.3 is 0 Å². The number of rotatable bonds is 3. The summed E-state index contributed by atoms with van der Waals surface area (Å²) in [6.45, 7) is 0. The van der Waals surface area contributed by atoms with Crippen molar-refractivity contribution in [1.29, 1.82) is 5.26 Å². The summed E-state index contributed by atoms with van der Waals surface area (Å²) in [5, 5.41) is 9.53. The fourth-order valence-corrected chi connectivity index (χ4v) is 2.00. The number of benzene rings is 2. The summed E-state index contributed by atoms with van der Waals surface area (Å²) in [6.07, 6.45) is 3.10. The van der Waals surface area contributed by atoms with Crippen LogP contribution >= 0.6 is 23.2 Å². The van der Waals surface area contributed by atoms with Crippen LogP contribution < -0.4 is 0 Å². The van der Waals surface area contributed by atoms with Crippen molar-refractivity contribution in [2.24, 2.45) is 0 Å². The molecule has 0 bridgehead atoms. The van der Waals surface area contributed by atoms with Gasteiger partial charge in [-0.15, -0.1) is 0 Å². The van der Waals surface area contributed by atoms with E-state index in [1.54, 1.807) is 42.5 Å². The Morgan fingerprint density at radius 3 is 2.45 bits per heavy atom. The van der Waals surface area contributed by atoms with Crippen molar-refractivity contribution in [3.63, 3.8) is 0 Å². The molecule has 20 heavy (non-hydrogen) atoms. The first-order chi connectivity index (χ1) is 9.60. The topological polar surface area (TPSA) is 40.9 Å². The van der Waals surface area contributed by atoms with E-state index < -0.39 is 0 Å². The van der Waals surface area contributed by atoms with E-state index >= 15 is 0 Å². The summed E-state index contributed by atoms with van der Waals surface area (Å²) in [5.41, 5.74) is 1.77. The highest BCUT2D eigenvalue weighted by Crippen LogP contribution is 2.21. The molecule has 0 radical (unpaired) electrons. The zero-order valence-electron chi connectivity index (χ0n) is 10.3. The molecule has 0 N–H and O–H groups in total. The quantitative estimate of drug-likeness (QED) is 0.606. The first-order valence-corrected chi connectivity index (χ1v) is 6.53. The third kappa shape index (κ3) is 3.48. The van der Waals surface area contributed by atoms with Crippen LogP contribution in [0.2, 0.25) is 10.0 Å². The van der Waals surface area contributed by atoms with Crippen molar-refractivity contribution in [3.05, 3.63) is 75.3 Å². The Morgan fingerprint density at radius 1 is 1.10 bits per heavy atom. The number of carbonyl (C=O) groups excluding carboxylic acids is 1. The van der Waals surface area contributed by atoms with Crippen LogP contribution in [0.3, 0.4) is 0 Å². The van der Waals surface area contributed by atoms with Crippen molar-refractivity contribution < 1.29 is 4.79 Å². The average molecular weight is 302 g/mol. The second kappa shape index (κ2) is 6.38. The molecule has 0 aliphatic rings. The summed E-state index contributed by atoms with van der Waals surface area (Å²) >= 11 is 11.8. The Kier molecular flexibility index (Phi) is 4.57. The predicted molar refractivity (Wildman–Crippen MR) is 81.0 cm³/mol. The van der Waals surface area contributed by atoms with Gasteiger partial charge in [-0.3, -0.25) is 4.79 Å². The first kappa shape index (κ1) is 14.3. The molecule has 0 spiro atoms. The van der Waals surface area contributed by atoms with Crippen LogP contribution in [-0.2, 0) is 0 Å². The lowest BCUT2D eigenvalue weighted by Gasteiger charge is -2.00. The molecule has 2 aromatic rings. The van der Waals surface area contributed by atoms with Crippen molar-refractivity contribution >= 4 is 35.1 Å². The van der Waals surface area contributed by atoms with Crippen LogP contribution in [0.5, 0.6) is 0 Å². The third-order valence-corrected chi connectivity index (χ3v) is 3.23. The van der Waals surface area contributed by atoms with Crippen LogP contribution in [-0.4, -0.2) is 5.78 Å². The Morgan fingerprint density at radius 2 is 1.80 bits per heavy atom. The van der Waals surface area contributed by atoms with E-state index in [0.29, 0.717) is 21.2 Å². The molecular weight excluding hydrogens is 293 g/mol. The van der Waals surface area contributed by atoms with Gasteiger partial charge in [0.1, 0.15) is 0 Å². The minimum Gasteiger partial charge on any atom is -0.289 e. The van der Waals surface area contributed by atoms with E-state index in [-0.39, 0.29) is 5.78 Å². The molecule has 98 valence electrons. The average Bonchev–Trinajstić information content (AvgIpc) is 2.47. The summed E-state index contributed by atoms with van der Waals surface area (Å²) in [4.78, 5) is 12.0. The van der Waals surface area contributed by atoms with Crippen LogP contribution in [0.25, 0.3) is 6.08 Å². The molecule has 0 aliphatic carbocycles. The molecule has 0 saturated carbocycles. The zero-order valence-corrected chi connectivity index (χ0v) is 11.8. The molecular formula is C16H9Cl2NO. The van der Waals surface area contributed by atoms with E-state index in [9.17, 15) is 4.79 Å². The number of halogens is 2. The van der Waals surface area contributed by atoms with Gasteiger partial charge in [0, 0.05) is 10.6 Å². The molecule has 0 amide bonds. The normalized spacial score (nSPS) is 10.4. The van der Waals surface area contributed by atoms with Crippen LogP contribution in [0.4, 0.5) is 0 Å². The lowest BCUT2D eigenvalue weighted by Crippen LogP contribution is -1.95. The third-order valence-electron chi connectivity index (χ3n) is 2.66. The van der Waals surface area contributed by atoms with Gasteiger partial charge in [-0.25, -0.2) is 0 Å². The maximum atomic E-state index is 12.0. The summed E-state index contributed by atoms with van der Waals surface area (Å²) in [7, 11) is 0. The van der Waals surface area contributed by atoms with Crippen LogP contribution in [0.1, 0.15) is 21.5 Å². The molecule has 0 atom stereocenters. The Labute approximate surface area is 126 Å². The summed E-state index contributed by atoms with van der Waals surface area (Å²) in [5.74, 6) is -0.221. The molecule has 0 heterocycles. The van der Waals surface area contributed by atoms with Gasteiger partial charge in [0.15, 0.2) is 5.78 Å². The molecule has 2 nitrogen and oxygen atoms in total. The summed E-state index contributed by atoms with van der Waals surface area (Å²) < 4.78 is 0. The molecule has 0 unspecified atom stereocenters. The highest BCUT2D eigenvalue weighted by atomic mass is 35.5. The minimum atomic E-state index is -0.221. The lowest BCUT2D eigenvalue weighted by atomic mass is 10.1. The van der Waals surface area contributed by atoms with E-state index in [1.807, 2.05) is 6.07 Å². The second-order valence-electron chi connectivity index (χ2n) is 4.06. The molecule has 2 rings (SSSR count). The second-order valence-corrected chi connectivity index (χ2v) is 4.90. The fourth-order valence-electron chi connectivity index (χ4n) is 1.62. The highest BCUT2D eigenvalue weighted by molar-refractivity contribution is 6.36. The Bertz CT molecular complexity index is 712. The molecule has 2 aromatic carbocycles. The van der Waals surface area contributed by atoms with E-state index in [2.05, 4.69) is 0 Å². The number of carbonyl (C=O) groups is 1. The zero-order chi connectivity index (χ0) is 14.5. The molecule has 4 heteroatoms. The maximum absolute atomic E-state index is 12.0. The maximum Gasteiger partial charge on any atom is 0.187 e. The first-order valence-electron chi connectivity index (χ1n) is 5.78. The van der Waals surface area contributed by atoms with Gasteiger partial charge in [-0.05, 0) is 42.0 Å². The monoisotopic (exact) mass is 301 g/mol.